The maximum absolute atomic E-state index is 14.1. The van der Waals surface area contributed by atoms with E-state index in [2.05, 4.69) is 71.0 Å². The number of nitrogens with two attached hydrogens (primary N) is 3. The number of aromatic nitrogens is 16. The second kappa shape index (κ2) is 50.6. The number of imidazole rings is 2. The minimum absolute atomic E-state index is 0.00886. The van der Waals surface area contributed by atoms with Gasteiger partial charge in [0.05, 0.1) is 97.8 Å². The monoisotopic (exact) mass is 2010 g/mol. The van der Waals surface area contributed by atoms with Crippen LogP contribution in [0.3, 0.4) is 0 Å². The van der Waals surface area contributed by atoms with Crippen LogP contribution in [0.1, 0.15) is 34.7 Å². The van der Waals surface area contributed by atoms with Gasteiger partial charge in [-0.1, -0.05) is 0 Å². The Kier molecular flexibility index (Phi) is 39.0. The summed E-state index contributed by atoms with van der Waals surface area (Å²) in [5.74, 6) is -8.38. The van der Waals surface area contributed by atoms with E-state index < -0.39 is 255 Å². The number of ether oxygens (including phenoxy) is 6. The van der Waals surface area contributed by atoms with Crippen LogP contribution in [0.5, 0.6) is 0 Å². The van der Waals surface area contributed by atoms with E-state index in [1.807, 2.05) is 14.9 Å². The molecule has 8 aromatic rings. The molecule has 7 atom stereocenters. The van der Waals surface area contributed by atoms with E-state index in [0.717, 1.165) is 69.0 Å². The van der Waals surface area contributed by atoms with Gasteiger partial charge in [0, 0.05) is 126 Å². The van der Waals surface area contributed by atoms with Gasteiger partial charge in [-0.3, -0.25) is 133 Å². The number of aliphatic hydroxyl groups excluding tert-OH is 1. The van der Waals surface area contributed by atoms with Crippen molar-refractivity contribution in [3.8, 4) is 0 Å². The number of nitrogens with zero attached hydrogens (tertiary/aromatic N) is 17. The van der Waals surface area contributed by atoms with Gasteiger partial charge in [-0.05, 0) is 27.7 Å². The SMILES string of the molecule is Cc1cn(CC(=O)N(CCNC(=O)CN(CCNC(=O)CN(CCNC(=O)CN(CCNC(=O)COCCOCCNC(=O)COCCOCCN2C[C@@H](COP(=O)(O)O[C@@H]3[C@H](O)[C@@H](COP(=O)(O)O)O[C@H]3n3cnc4c(N)ncnc43)O[C@@H](n3cnc4c(N)ncnc43)C2)C(=O)Cn2cc(C)c(=O)[nH]c2=O)C(=O)Cn2cc(C)c(=O)[nH]c2=O)C(=O)Cn2cc(C)c(=O)[nH]c2=O)CC(N)=O)c(=O)[nH]c1=O. The first kappa shape index (κ1) is 108. The van der Waals surface area contributed by atoms with Crippen LogP contribution in [-0.4, -0.2) is 376 Å². The van der Waals surface area contributed by atoms with Gasteiger partial charge in [0.1, 0.15) is 87.6 Å². The van der Waals surface area contributed by atoms with Crippen molar-refractivity contribution in [2.24, 2.45) is 5.73 Å². The zero-order valence-electron chi connectivity index (χ0n) is 75.7. The maximum atomic E-state index is 14.1. The number of hydrogen-bond acceptors (Lipinski definition) is 39. The van der Waals surface area contributed by atoms with Gasteiger partial charge in [0.2, 0.25) is 59.1 Å². The molecular formula is C76H105N29O33P2. The fourth-order valence-electron chi connectivity index (χ4n) is 13.8. The minimum atomic E-state index is -5.22. The predicted octanol–water partition coefficient (Wildman–Crippen LogP) is -12.2. The highest BCUT2D eigenvalue weighted by molar-refractivity contribution is 7.47. The zero-order valence-corrected chi connectivity index (χ0v) is 77.4. The first-order valence-corrected chi connectivity index (χ1v) is 45.7. The molecule has 10 heterocycles. The summed E-state index contributed by atoms with van der Waals surface area (Å²) in [4.78, 5) is 302. The standard InChI is InChI=1S/C76H105N29O33P2/c1-43-21-100(73(121)91-68(43)117)30-55(112)96(26-49(77)106)10-5-80-50(107)27-97(56(113)31-101-22-44(2)69(118)92-74(101)122)11-6-81-51(108)28-98(57(114)32-102-23-45(3)70(119)93-75(102)123)12-7-82-52(109)29-99(58(115)33-103-24-46(4)71(120)94-76(103)124)13-8-83-53(110)37-132-19-17-130-15-9-84-54(111)38-133-20-18-131-16-14-95-25-47(136-59(34-95)104-41-89-60-64(78)85-39-87-66(60)104)35-135-140(128,129)138-63-62(116)48(36-134-139(125,126)127)137-72(63)105-42-90-61-65(79)86-40-88-67(61)105/h21-24,39-42,47-48,59,62-63,72,116H,5-20,25-38H2,1-4H3,(H2,77,106)(H,80,107)(H,81,108)(H,82,109)(H,83,110)(H,84,111)(H,128,129)(H2,78,85,87)(H2,79,86,88)(H,91,117,121)(H,92,118,122)(H,93,119,123)(H,94,120,124)(H2,125,126,127)/t47-,48+,59+,62+,63+,72+/m0/s1. The fourth-order valence-corrected chi connectivity index (χ4v) is 15.1. The summed E-state index contributed by atoms with van der Waals surface area (Å²) in [5.41, 5.74) is 11.4. The number of primary amides is 1. The van der Waals surface area contributed by atoms with Crippen molar-refractivity contribution in [1.29, 1.82) is 0 Å². The van der Waals surface area contributed by atoms with Gasteiger partial charge in [0.25, 0.3) is 22.2 Å². The van der Waals surface area contributed by atoms with E-state index in [-0.39, 0.29) is 149 Å². The number of carbonyl (C=O) groups is 10. The molecule has 2 aliphatic rings. The topological polar surface area (TPSA) is 830 Å². The Balaban J connectivity index is 0.650. The van der Waals surface area contributed by atoms with Crippen molar-refractivity contribution >= 4 is 109 Å². The predicted molar refractivity (Wildman–Crippen MR) is 476 cm³/mol. The largest absolute Gasteiger partial charge is 0.472 e. The average Bonchev–Trinajstić information content (AvgIpc) is 1.61. The Morgan fingerprint density at radius 1 is 0.471 bits per heavy atom. The summed E-state index contributed by atoms with van der Waals surface area (Å²) in [5, 5.41) is 24.0. The number of aromatic amines is 4. The summed E-state index contributed by atoms with van der Waals surface area (Å²) in [6.07, 6.45) is 0.741. The average molecular weight is 2010 g/mol. The van der Waals surface area contributed by atoms with Crippen molar-refractivity contribution in [1.82, 2.24) is 128 Å². The van der Waals surface area contributed by atoms with Gasteiger partial charge >= 0.3 is 38.4 Å². The minimum Gasteiger partial charge on any atom is -0.387 e. The first-order chi connectivity index (χ1) is 66.5. The Hall–Kier alpha value is -14.0. The van der Waals surface area contributed by atoms with Crippen LogP contribution in [0.4, 0.5) is 11.6 Å². The quantitative estimate of drug-likeness (QED) is 0.0124. The highest BCUT2D eigenvalue weighted by Crippen LogP contribution is 2.50. The summed E-state index contributed by atoms with van der Waals surface area (Å²) < 4.78 is 81.7. The van der Waals surface area contributed by atoms with E-state index in [1.165, 1.54) is 51.2 Å². The van der Waals surface area contributed by atoms with Crippen molar-refractivity contribution in [2.45, 2.75) is 90.7 Å². The number of aliphatic hydroxyl groups is 1. The molecular weight excluding hydrogens is 1910 g/mol. The van der Waals surface area contributed by atoms with Gasteiger partial charge in [0.15, 0.2) is 29.2 Å². The number of carbonyl (C=O) groups excluding carboxylic acids is 10. The van der Waals surface area contributed by atoms with Crippen LogP contribution in [0, 0.1) is 27.7 Å². The lowest BCUT2D eigenvalue weighted by atomic mass is 10.1. The van der Waals surface area contributed by atoms with Gasteiger partial charge in [-0.15, -0.1) is 0 Å². The van der Waals surface area contributed by atoms with Crippen molar-refractivity contribution in [2.75, 3.05) is 182 Å². The Morgan fingerprint density at radius 3 is 1.26 bits per heavy atom. The number of H-pyrrole nitrogens is 4. The number of phosphoric acid groups is 2. The summed E-state index contributed by atoms with van der Waals surface area (Å²) >= 11 is 0. The summed E-state index contributed by atoms with van der Waals surface area (Å²) in [6.45, 7) is -5.69. The number of aryl methyl sites for hydroxylation is 4. The number of rotatable bonds is 54. The molecule has 19 N–H and O–H groups in total. The highest BCUT2D eigenvalue weighted by atomic mass is 31.2. The van der Waals surface area contributed by atoms with E-state index in [1.54, 1.807) is 4.57 Å². The molecule has 0 aromatic carbocycles. The lowest BCUT2D eigenvalue weighted by molar-refractivity contribution is -0.138. The molecule has 2 aliphatic heterocycles. The zero-order chi connectivity index (χ0) is 102. The number of fused-ring (bicyclic) bond motifs is 2. The first-order valence-electron chi connectivity index (χ1n) is 42.7. The third-order valence-electron chi connectivity index (χ3n) is 20.9. The fraction of sp³-hybridized carbons (Fsp3) is 0.526. The molecule has 0 bridgehead atoms. The Labute approximate surface area is 787 Å². The lowest BCUT2D eigenvalue weighted by Gasteiger charge is -2.38. The Morgan fingerprint density at radius 2 is 0.850 bits per heavy atom. The molecule has 0 spiro atoms. The molecule has 2 fully saturated rings. The highest BCUT2D eigenvalue weighted by Gasteiger charge is 2.51. The summed E-state index contributed by atoms with van der Waals surface area (Å²) in [7, 11) is -10.3. The maximum Gasteiger partial charge on any atom is 0.472 e. The molecule has 140 heavy (non-hydrogen) atoms. The molecule has 8 aromatic heterocycles. The molecule has 10 amide bonds. The van der Waals surface area contributed by atoms with E-state index in [9.17, 15) is 115 Å². The van der Waals surface area contributed by atoms with Crippen LogP contribution in [0.25, 0.3) is 22.3 Å². The normalized spacial score (nSPS) is 16.4. The van der Waals surface area contributed by atoms with Crippen LogP contribution < -0.4 is 88.8 Å². The molecule has 64 heteroatoms. The second-order valence-corrected chi connectivity index (χ2v) is 34.1. The number of phosphoric ester groups is 2. The van der Waals surface area contributed by atoms with Crippen molar-refractivity contribution in [3.63, 3.8) is 0 Å². The number of anilines is 2. The lowest BCUT2D eigenvalue weighted by Crippen LogP contribution is -2.50. The van der Waals surface area contributed by atoms with Gasteiger partial charge in [-0.25, -0.2) is 58.2 Å². The molecule has 0 aliphatic carbocycles. The van der Waals surface area contributed by atoms with Gasteiger partial charge < -0.3 is 112 Å². The molecule has 10 rings (SSSR count). The third-order valence-corrected chi connectivity index (χ3v) is 22.3. The molecule has 2 saturated heterocycles. The molecule has 62 nitrogen and oxygen atoms in total. The number of nitrogen functional groups attached to an aromatic ring is 2. The van der Waals surface area contributed by atoms with Crippen molar-refractivity contribution < 1.29 is 119 Å². The molecule has 0 saturated carbocycles. The van der Waals surface area contributed by atoms with E-state index in [0.29, 0.717) is 5.65 Å². The number of amides is 10. The smallest absolute Gasteiger partial charge is 0.387 e. The van der Waals surface area contributed by atoms with Crippen LogP contribution in [0.2, 0.25) is 0 Å². The van der Waals surface area contributed by atoms with E-state index in [4.69, 9.17) is 54.7 Å². The number of morpholine rings is 1. The summed E-state index contributed by atoms with van der Waals surface area (Å²) in [6, 6.07) is 0. The molecule has 0 radical (unpaired) electrons. The van der Waals surface area contributed by atoms with Crippen molar-refractivity contribution in [3.05, 3.63) is 156 Å². The third kappa shape index (κ3) is 32.0. The van der Waals surface area contributed by atoms with E-state index >= 15 is 0 Å². The number of hydrogen-bond donors (Lipinski definition) is 16. The second-order valence-electron chi connectivity index (χ2n) is 31.4. The van der Waals surface area contributed by atoms with Crippen LogP contribution >= 0.6 is 15.6 Å². The van der Waals surface area contributed by atoms with Crippen LogP contribution in [-0.2, 0) is 125 Å². The van der Waals surface area contributed by atoms with Crippen LogP contribution in [0.15, 0.2) is 88.5 Å². The van der Waals surface area contributed by atoms with Gasteiger partial charge in [-0.2, -0.15) is 0 Å². The number of nitrogens with one attached hydrogen (secondary N) is 9. The Bertz CT molecular complexity index is 6420. The molecule has 762 valence electrons. The molecule has 1 unspecified atom stereocenters.